The molecule has 1 heterocycles. The Bertz CT molecular complexity index is 618. The summed E-state index contributed by atoms with van der Waals surface area (Å²) in [5, 5.41) is 6.24. The summed E-state index contributed by atoms with van der Waals surface area (Å²) in [7, 11) is -3.55. The van der Waals surface area contributed by atoms with Gasteiger partial charge in [-0.1, -0.05) is 12.1 Å². The highest BCUT2D eigenvalue weighted by molar-refractivity contribution is 7.92. The summed E-state index contributed by atoms with van der Waals surface area (Å²) >= 11 is 0. The molecule has 0 radical (unpaired) electrons. The zero-order valence-electron chi connectivity index (χ0n) is 9.56. The minimum absolute atomic E-state index is 0.290. The van der Waals surface area contributed by atoms with Crippen molar-refractivity contribution in [1.82, 2.24) is 10.2 Å². The quantitative estimate of drug-likeness (QED) is 0.873. The van der Waals surface area contributed by atoms with Crippen LogP contribution in [-0.2, 0) is 10.0 Å². The molecule has 0 fully saturated rings. The Hall–Kier alpha value is -1.82. The van der Waals surface area contributed by atoms with Crippen LogP contribution in [0.25, 0.3) is 0 Å². The predicted molar refractivity (Wildman–Crippen MR) is 65.3 cm³/mol. The largest absolute Gasteiger partial charge is 0.284 e. The molecule has 0 amide bonds. The molecule has 0 bridgehead atoms. The lowest BCUT2D eigenvalue weighted by molar-refractivity contribution is 0.600. The number of benzene rings is 1. The van der Waals surface area contributed by atoms with Crippen LogP contribution in [0.3, 0.4) is 0 Å². The van der Waals surface area contributed by atoms with Gasteiger partial charge in [-0.25, -0.2) is 8.42 Å². The Balaban J connectivity index is 2.41. The third kappa shape index (κ3) is 2.47. The van der Waals surface area contributed by atoms with Crippen molar-refractivity contribution in [1.29, 1.82) is 0 Å². The molecule has 1 aromatic carbocycles. The summed E-state index contributed by atoms with van der Waals surface area (Å²) in [5.41, 5.74) is 2.04. The van der Waals surface area contributed by atoms with Crippen LogP contribution in [0.2, 0.25) is 0 Å². The predicted octanol–water partition coefficient (Wildman–Crippen LogP) is 1.83. The molecule has 6 heteroatoms. The van der Waals surface area contributed by atoms with E-state index < -0.39 is 10.0 Å². The van der Waals surface area contributed by atoms with Crippen molar-refractivity contribution in [3.05, 3.63) is 41.7 Å². The molecule has 2 N–H and O–H groups in total. The van der Waals surface area contributed by atoms with E-state index in [0.29, 0.717) is 16.1 Å². The minimum atomic E-state index is -3.55. The first-order chi connectivity index (χ1) is 7.99. The Labute approximate surface area is 99.9 Å². The van der Waals surface area contributed by atoms with E-state index in [1.807, 2.05) is 13.0 Å². The van der Waals surface area contributed by atoms with E-state index in [0.717, 1.165) is 5.56 Å². The van der Waals surface area contributed by atoms with Crippen molar-refractivity contribution in [2.24, 2.45) is 0 Å². The van der Waals surface area contributed by atoms with E-state index in [1.165, 1.54) is 12.4 Å². The van der Waals surface area contributed by atoms with Gasteiger partial charge < -0.3 is 0 Å². The second-order valence-electron chi connectivity index (χ2n) is 3.86. The number of hydrogen-bond donors (Lipinski definition) is 2. The second kappa shape index (κ2) is 4.21. The number of H-pyrrole nitrogens is 1. The first-order valence-corrected chi connectivity index (χ1v) is 6.56. The van der Waals surface area contributed by atoms with Crippen molar-refractivity contribution >= 4 is 15.7 Å². The highest BCUT2D eigenvalue weighted by Gasteiger charge is 2.17. The minimum Gasteiger partial charge on any atom is -0.284 e. The van der Waals surface area contributed by atoms with E-state index in [-0.39, 0.29) is 0 Å². The van der Waals surface area contributed by atoms with Gasteiger partial charge in [0.15, 0.2) is 0 Å². The molecule has 0 aliphatic rings. The van der Waals surface area contributed by atoms with Crippen molar-refractivity contribution in [3.63, 3.8) is 0 Å². The maximum Gasteiger partial charge on any atom is 0.262 e. The summed E-state index contributed by atoms with van der Waals surface area (Å²) in [6.45, 7) is 3.62. The van der Waals surface area contributed by atoms with Crippen LogP contribution in [0.5, 0.6) is 0 Å². The number of sulfonamides is 1. The standard InChI is InChI=1S/C11H13N3O2S/c1-8-3-4-9(2)11(5-8)17(15,16)14-10-6-12-13-7-10/h3-7,14H,1-2H3,(H,12,13). The van der Waals surface area contributed by atoms with E-state index in [2.05, 4.69) is 14.9 Å². The molecular formula is C11H13N3O2S. The van der Waals surface area contributed by atoms with Gasteiger partial charge in [0.2, 0.25) is 0 Å². The molecule has 0 unspecified atom stereocenters. The summed E-state index contributed by atoms with van der Waals surface area (Å²) in [6.07, 6.45) is 2.91. The summed E-state index contributed by atoms with van der Waals surface area (Å²) in [6, 6.07) is 5.32. The summed E-state index contributed by atoms with van der Waals surface area (Å²) in [5.74, 6) is 0. The molecule has 0 saturated carbocycles. The number of aromatic amines is 1. The van der Waals surface area contributed by atoms with E-state index in [1.54, 1.807) is 19.1 Å². The topological polar surface area (TPSA) is 74.8 Å². The van der Waals surface area contributed by atoms with Gasteiger partial charge in [-0.15, -0.1) is 0 Å². The van der Waals surface area contributed by atoms with E-state index in [9.17, 15) is 8.42 Å². The average molecular weight is 251 g/mol. The van der Waals surface area contributed by atoms with Crippen molar-refractivity contribution < 1.29 is 8.42 Å². The summed E-state index contributed by atoms with van der Waals surface area (Å²) in [4.78, 5) is 0.290. The van der Waals surface area contributed by atoms with Gasteiger partial charge in [0, 0.05) is 6.20 Å². The van der Waals surface area contributed by atoms with Crippen LogP contribution in [0.15, 0.2) is 35.5 Å². The molecule has 1 aromatic heterocycles. The maximum atomic E-state index is 12.1. The van der Waals surface area contributed by atoms with Gasteiger partial charge in [-0.05, 0) is 31.0 Å². The zero-order valence-corrected chi connectivity index (χ0v) is 10.4. The molecule has 2 aromatic rings. The Morgan fingerprint density at radius 1 is 1.29 bits per heavy atom. The SMILES string of the molecule is Cc1ccc(C)c(S(=O)(=O)Nc2cn[nH]c2)c1. The van der Waals surface area contributed by atoms with Gasteiger partial charge in [0.1, 0.15) is 0 Å². The molecule has 2 rings (SSSR count). The van der Waals surface area contributed by atoms with Crippen LogP contribution >= 0.6 is 0 Å². The lowest BCUT2D eigenvalue weighted by Crippen LogP contribution is -2.14. The number of hydrogen-bond acceptors (Lipinski definition) is 3. The molecule has 0 saturated heterocycles. The molecule has 0 aliphatic carbocycles. The van der Waals surface area contributed by atoms with Crippen LogP contribution in [-0.4, -0.2) is 18.6 Å². The van der Waals surface area contributed by atoms with Crippen LogP contribution in [0, 0.1) is 13.8 Å². The Kier molecular flexibility index (Phi) is 2.89. The van der Waals surface area contributed by atoms with Crippen LogP contribution < -0.4 is 4.72 Å². The average Bonchev–Trinajstić information content (AvgIpc) is 2.73. The number of nitrogens with one attached hydrogen (secondary N) is 2. The normalized spacial score (nSPS) is 11.4. The number of aryl methyl sites for hydroxylation is 2. The maximum absolute atomic E-state index is 12.1. The highest BCUT2D eigenvalue weighted by atomic mass is 32.2. The summed E-state index contributed by atoms with van der Waals surface area (Å²) < 4.78 is 26.7. The molecular weight excluding hydrogens is 238 g/mol. The fraction of sp³-hybridized carbons (Fsp3) is 0.182. The Morgan fingerprint density at radius 2 is 2.06 bits per heavy atom. The molecule has 0 atom stereocenters. The first kappa shape index (κ1) is 11.7. The van der Waals surface area contributed by atoms with Gasteiger partial charge in [0.25, 0.3) is 10.0 Å². The molecule has 5 nitrogen and oxygen atoms in total. The Morgan fingerprint density at radius 3 is 2.71 bits per heavy atom. The fourth-order valence-electron chi connectivity index (χ4n) is 1.51. The zero-order chi connectivity index (χ0) is 12.5. The lowest BCUT2D eigenvalue weighted by Gasteiger charge is -2.09. The van der Waals surface area contributed by atoms with E-state index in [4.69, 9.17) is 0 Å². The van der Waals surface area contributed by atoms with E-state index >= 15 is 0 Å². The highest BCUT2D eigenvalue weighted by Crippen LogP contribution is 2.19. The molecule has 0 spiro atoms. The van der Waals surface area contributed by atoms with Gasteiger partial charge >= 0.3 is 0 Å². The van der Waals surface area contributed by atoms with Crippen molar-refractivity contribution in [2.75, 3.05) is 4.72 Å². The monoisotopic (exact) mass is 251 g/mol. The third-order valence-corrected chi connectivity index (χ3v) is 3.91. The lowest BCUT2D eigenvalue weighted by atomic mass is 10.2. The van der Waals surface area contributed by atoms with Gasteiger partial charge in [0.05, 0.1) is 16.8 Å². The number of rotatable bonds is 3. The number of nitrogens with zero attached hydrogens (tertiary/aromatic N) is 1. The molecule has 0 aliphatic heterocycles. The first-order valence-electron chi connectivity index (χ1n) is 5.08. The second-order valence-corrected chi connectivity index (χ2v) is 5.51. The van der Waals surface area contributed by atoms with Gasteiger partial charge in [-0.2, -0.15) is 5.10 Å². The molecule has 90 valence electrons. The molecule has 17 heavy (non-hydrogen) atoms. The van der Waals surface area contributed by atoms with Crippen molar-refractivity contribution in [2.45, 2.75) is 18.7 Å². The number of anilines is 1. The third-order valence-electron chi connectivity index (χ3n) is 2.38. The fourth-order valence-corrected chi connectivity index (χ4v) is 2.88. The number of aromatic nitrogens is 2. The van der Waals surface area contributed by atoms with Crippen molar-refractivity contribution in [3.8, 4) is 0 Å². The smallest absolute Gasteiger partial charge is 0.262 e. The van der Waals surface area contributed by atoms with Crippen LogP contribution in [0.1, 0.15) is 11.1 Å². The van der Waals surface area contributed by atoms with Crippen LogP contribution in [0.4, 0.5) is 5.69 Å². The van der Waals surface area contributed by atoms with Gasteiger partial charge in [-0.3, -0.25) is 9.82 Å².